The summed E-state index contributed by atoms with van der Waals surface area (Å²) < 4.78 is 5.84. The predicted octanol–water partition coefficient (Wildman–Crippen LogP) is 4.01. The van der Waals surface area contributed by atoms with Gasteiger partial charge in [-0.15, -0.1) is 0 Å². The van der Waals surface area contributed by atoms with Gasteiger partial charge in [-0.25, -0.2) is 24.9 Å². The van der Waals surface area contributed by atoms with Crippen LogP contribution in [0.5, 0.6) is 0 Å². The van der Waals surface area contributed by atoms with Crippen molar-refractivity contribution in [2.24, 2.45) is 11.1 Å². The Morgan fingerprint density at radius 2 is 1.97 bits per heavy atom. The first-order valence-electron chi connectivity index (χ1n) is 11.9. The van der Waals surface area contributed by atoms with Crippen LogP contribution >= 0.6 is 23.4 Å². The van der Waals surface area contributed by atoms with Gasteiger partial charge in [-0.05, 0) is 31.9 Å². The SMILES string of the molecule is C[C@@H]1OCC2(CCN(c3ncc4nc(Sc5cccc(-c6ccncn6)c5Cl)cnc4n3)CC2)[C@@H]1N. The Morgan fingerprint density at radius 3 is 2.72 bits per heavy atom. The molecule has 5 heterocycles. The van der Waals surface area contributed by atoms with Gasteiger partial charge in [-0.3, -0.25) is 0 Å². The third-order valence-corrected chi connectivity index (χ3v) is 8.67. The van der Waals surface area contributed by atoms with E-state index in [1.165, 1.54) is 18.1 Å². The first-order chi connectivity index (χ1) is 17.5. The lowest BCUT2D eigenvalue weighted by Crippen LogP contribution is -2.50. The molecule has 36 heavy (non-hydrogen) atoms. The maximum atomic E-state index is 6.70. The highest BCUT2D eigenvalue weighted by Crippen LogP contribution is 2.42. The molecule has 2 fully saturated rings. The maximum absolute atomic E-state index is 6.70. The fourth-order valence-electron chi connectivity index (χ4n) is 4.97. The lowest BCUT2D eigenvalue weighted by atomic mass is 9.73. The number of nitrogens with zero attached hydrogens (tertiary/aromatic N) is 7. The summed E-state index contributed by atoms with van der Waals surface area (Å²) in [6, 6.07) is 7.75. The van der Waals surface area contributed by atoms with Gasteiger partial charge in [0.2, 0.25) is 5.95 Å². The highest BCUT2D eigenvalue weighted by atomic mass is 35.5. The van der Waals surface area contributed by atoms with Crippen molar-refractivity contribution in [1.82, 2.24) is 29.9 Å². The molecule has 0 saturated carbocycles. The highest BCUT2D eigenvalue weighted by molar-refractivity contribution is 7.99. The molecule has 9 nitrogen and oxygen atoms in total. The molecular weight excluding hydrogens is 496 g/mol. The molecule has 0 bridgehead atoms. The molecule has 0 amide bonds. The number of fused-ring (bicyclic) bond motifs is 1. The zero-order chi connectivity index (χ0) is 24.7. The van der Waals surface area contributed by atoms with Gasteiger partial charge in [-0.1, -0.05) is 35.5 Å². The average molecular weight is 521 g/mol. The summed E-state index contributed by atoms with van der Waals surface area (Å²) in [7, 11) is 0. The number of hydrogen-bond acceptors (Lipinski definition) is 10. The van der Waals surface area contributed by atoms with Crippen LogP contribution in [0.25, 0.3) is 22.4 Å². The molecule has 0 radical (unpaired) electrons. The van der Waals surface area contributed by atoms with Crippen LogP contribution in [-0.4, -0.2) is 61.7 Å². The summed E-state index contributed by atoms with van der Waals surface area (Å²) in [5.41, 5.74) is 9.33. The van der Waals surface area contributed by atoms with Gasteiger partial charge in [0, 0.05) is 41.2 Å². The van der Waals surface area contributed by atoms with Gasteiger partial charge in [0.1, 0.15) is 16.9 Å². The number of halogens is 1. The number of hydrogen-bond donors (Lipinski definition) is 1. The third kappa shape index (κ3) is 4.28. The van der Waals surface area contributed by atoms with E-state index in [0.717, 1.165) is 48.7 Å². The van der Waals surface area contributed by atoms with Crippen LogP contribution in [0.4, 0.5) is 5.95 Å². The zero-order valence-electron chi connectivity index (χ0n) is 19.7. The third-order valence-electron chi connectivity index (χ3n) is 7.19. The van der Waals surface area contributed by atoms with Crippen molar-refractivity contribution < 1.29 is 4.74 Å². The normalized spacial score (nSPS) is 21.4. The van der Waals surface area contributed by atoms with Gasteiger partial charge < -0.3 is 15.4 Å². The van der Waals surface area contributed by atoms with E-state index in [1.54, 1.807) is 18.6 Å². The van der Waals surface area contributed by atoms with Gasteiger partial charge in [0.25, 0.3) is 0 Å². The molecule has 0 unspecified atom stereocenters. The smallest absolute Gasteiger partial charge is 0.227 e. The lowest BCUT2D eigenvalue weighted by molar-refractivity contribution is 0.0973. The molecule has 3 aromatic heterocycles. The Kier molecular flexibility index (Phi) is 6.20. The first kappa shape index (κ1) is 23.5. The summed E-state index contributed by atoms with van der Waals surface area (Å²) in [5.74, 6) is 0.674. The first-order valence-corrected chi connectivity index (χ1v) is 13.1. The Morgan fingerprint density at radius 1 is 1.11 bits per heavy atom. The lowest BCUT2D eigenvalue weighted by Gasteiger charge is -2.41. The van der Waals surface area contributed by atoms with E-state index < -0.39 is 0 Å². The molecule has 2 saturated heterocycles. The molecular formula is C25H25ClN8OS. The van der Waals surface area contributed by atoms with Crippen molar-refractivity contribution in [2.75, 3.05) is 24.6 Å². The van der Waals surface area contributed by atoms with Crippen LogP contribution in [0, 0.1) is 5.41 Å². The van der Waals surface area contributed by atoms with E-state index in [4.69, 9.17) is 32.0 Å². The largest absolute Gasteiger partial charge is 0.376 e. The predicted molar refractivity (Wildman–Crippen MR) is 139 cm³/mol. The number of piperidine rings is 1. The van der Waals surface area contributed by atoms with E-state index in [2.05, 4.69) is 31.8 Å². The van der Waals surface area contributed by atoms with E-state index in [-0.39, 0.29) is 17.6 Å². The van der Waals surface area contributed by atoms with E-state index in [1.807, 2.05) is 24.3 Å². The number of aromatic nitrogens is 6. The minimum atomic E-state index is 0.0603. The van der Waals surface area contributed by atoms with E-state index in [9.17, 15) is 0 Å². The number of rotatable bonds is 4. The minimum Gasteiger partial charge on any atom is -0.376 e. The van der Waals surface area contributed by atoms with Gasteiger partial charge in [-0.2, -0.15) is 4.98 Å². The van der Waals surface area contributed by atoms with Gasteiger partial charge in [0.05, 0.1) is 35.8 Å². The molecule has 1 spiro atoms. The van der Waals surface area contributed by atoms with E-state index in [0.29, 0.717) is 27.2 Å². The van der Waals surface area contributed by atoms with Crippen LogP contribution in [0.3, 0.4) is 0 Å². The molecule has 184 valence electrons. The van der Waals surface area contributed by atoms with Crippen molar-refractivity contribution in [3.8, 4) is 11.3 Å². The van der Waals surface area contributed by atoms with Gasteiger partial charge >= 0.3 is 0 Å². The molecule has 4 aromatic rings. The maximum Gasteiger partial charge on any atom is 0.227 e. The summed E-state index contributed by atoms with van der Waals surface area (Å²) in [4.78, 5) is 29.9. The fraction of sp³-hybridized carbons (Fsp3) is 0.360. The fourth-order valence-corrected chi connectivity index (χ4v) is 6.13. The summed E-state index contributed by atoms with van der Waals surface area (Å²) >= 11 is 8.15. The van der Waals surface area contributed by atoms with Crippen molar-refractivity contribution in [1.29, 1.82) is 0 Å². The molecule has 1 aromatic carbocycles. The van der Waals surface area contributed by atoms with Crippen molar-refractivity contribution in [3.63, 3.8) is 0 Å². The van der Waals surface area contributed by atoms with Crippen molar-refractivity contribution >= 4 is 40.5 Å². The summed E-state index contributed by atoms with van der Waals surface area (Å²) in [6.07, 6.45) is 8.72. The topological polar surface area (TPSA) is 116 Å². The van der Waals surface area contributed by atoms with Crippen molar-refractivity contribution in [2.45, 2.75) is 41.8 Å². The monoisotopic (exact) mass is 520 g/mol. The second-order valence-corrected chi connectivity index (χ2v) is 10.7. The quantitative estimate of drug-likeness (QED) is 0.423. The molecule has 2 aliphatic rings. The molecule has 2 aliphatic heterocycles. The second kappa shape index (κ2) is 9.51. The zero-order valence-corrected chi connectivity index (χ0v) is 21.3. The molecule has 0 aliphatic carbocycles. The van der Waals surface area contributed by atoms with Crippen molar-refractivity contribution in [3.05, 3.63) is 54.2 Å². The summed E-state index contributed by atoms with van der Waals surface area (Å²) in [6.45, 7) is 4.49. The average Bonchev–Trinajstić information content (AvgIpc) is 3.19. The Balaban J connectivity index is 1.19. The summed E-state index contributed by atoms with van der Waals surface area (Å²) in [5, 5.41) is 1.32. The molecule has 11 heteroatoms. The number of ether oxygens (including phenoxy) is 1. The number of anilines is 1. The minimum absolute atomic E-state index is 0.0603. The number of nitrogens with two attached hydrogens (primary N) is 1. The molecule has 2 N–H and O–H groups in total. The van der Waals surface area contributed by atoms with Crippen LogP contribution in [0.15, 0.2) is 59.1 Å². The van der Waals surface area contributed by atoms with Crippen LogP contribution < -0.4 is 10.6 Å². The van der Waals surface area contributed by atoms with Crippen LogP contribution in [0.1, 0.15) is 19.8 Å². The van der Waals surface area contributed by atoms with Crippen LogP contribution in [0.2, 0.25) is 5.02 Å². The Bertz CT molecular complexity index is 1400. The molecule has 2 atom stereocenters. The van der Waals surface area contributed by atoms with Gasteiger partial charge in [0.15, 0.2) is 5.65 Å². The second-order valence-electron chi connectivity index (χ2n) is 9.29. The van der Waals surface area contributed by atoms with Crippen LogP contribution in [-0.2, 0) is 4.74 Å². The Labute approximate surface area is 217 Å². The molecule has 6 rings (SSSR count). The standard InChI is InChI=1S/C25H25ClN8OS/c1-15-22(27)25(13-35-15)6-9-34(10-7-25)24-30-11-18-23(33-24)29-12-20(32-18)36-19-4-2-3-16(21(19)26)17-5-8-28-14-31-17/h2-5,8,11-12,14-15,22H,6-7,9-10,13,27H2,1H3/t15-,22+/m0/s1. The highest BCUT2D eigenvalue weighted by Gasteiger charge is 2.47. The number of benzene rings is 1. The van der Waals surface area contributed by atoms with E-state index >= 15 is 0 Å². The Hall–Kier alpha value is -2.92.